The largest absolute Gasteiger partial charge is 0.490 e. The lowest BCUT2D eigenvalue weighted by Crippen LogP contribution is -2.18. The molecule has 2 aromatic carbocycles. The zero-order valence-electron chi connectivity index (χ0n) is 14.9. The Kier molecular flexibility index (Phi) is 5.95. The van der Waals surface area contributed by atoms with Crippen LogP contribution in [0.1, 0.15) is 18.1 Å². The van der Waals surface area contributed by atoms with Crippen LogP contribution in [-0.2, 0) is 11.4 Å². The van der Waals surface area contributed by atoms with Gasteiger partial charge in [-0.15, -0.1) is 0 Å². The van der Waals surface area contributed by atoms with E-state index in [0.29, 0.717) is 28.6 Å². The van der Waals surface area contributed by atoms with E-state index in [4.69, 9.17) is 14.9 Å². The molecular weight excluding hydrogens is 382 g/mol. The lowest BCUT2D eigenvalue weighted by atomic mass is 10.1. The SMILES string of the molecule is CCOc1cc(C=C2SC(=N)NC2=O)ccc1OCc1cccc([N+](=O)[O-])c1. The molecule has 0 aromatic heterocycles. The number of hydrogen-bond acceptors (Lipinski definition) is 7. The molecule has 1 saturated heterocycles. The summed E-state index contributed by atoms with van der Waals surface area (Å²) in [6, 6.07) is 11.5. The Morgan fingerprint density at radius 1 is 1.21 bits per heavy atom. The van der Waals surface area contributed by atoms with Gasteiger partial charge < -0.3 is 14.8 Å². The van der Waals surface area contributed by atoms with Crippen LogP contribution in [0.4, 0.5) is 5.69 Å². The Bertz CT molecular complexity index is 974. The number of benzene rings is 2. The number of carbonyl (C=O) groups is 1. The van der Waals surface area contributed by atoms with Gasteiger partial charge in [-0.25, -0.2) is 0 Å². The summed E-state index contributed by atoms with van der Waals surface area (Å²) in [5, 5.41) is 20.9. The molecule has 2 N–H and O–H groups in total. The van der Waals surface area contributed by atoms with Crippen LogP contribution >= 0.6 is 11.8 Å². The molecule has 0 unspecified atom stereocenters. The van der Waals surface area contributed by atoms with Crippen molar-refractivity contribution in [3.8, 4) is 11.5 Å². The maximum absolute atomic E-state index is 11.8. The summed E-state index contributed by atoms with van der Waals surface area (Å²) in [6.07, 6.45) is 1.67. The number of non-ortho nitro benzene ring substituents is 1. The van der Waals surface area contributed by atoms with Gasteiger partial charge in [0.05, 0.1) is 16.4 Å². The molecule has 1 aliphatic rings. The minimum atomic E-state index is -0.450. The maximum atomic E-state index is 11.8. The molecule has 9 heteroatoms. The lowest BCUT2D eigenvalue weighted by molar-refractivity contribution is -0.384. The van der Waals surface area contributed by atoms with Crippen molar-refractivity contribution in [3.63, 3.8) is 0 Å². The highest BCUT2D eigenvalue weighted by Gasteiger charge is 2.22. The van der Waals surface area contributed by atoms with Crippen LogP contribution in [0.15, 0.2) is 47.4 Å². The van der Waals surface area contributed by atoms with Gasteiger partial charge in [-0.05, 0) is 48.0 Å². The van der Waals surface area contributed by atoms with Crippen molar-refractivity contribution < 1.29 is 19.2 Å². The molecule has 0 saturated carbocycles. The summed E-state index contributed by atoms with van der Waals surface area (Å²) in [6.45, 7) is 2.42. The minimum Gasteiger partial charge on any atom is -0.490 e. The molecule has 28 heavy (non-hydrogen) atoms. The van der Waals surface area contributed by atoms with Crippen molar-refractivity contribution >= 4 is 34.6 Å². The van der Waals surface area contributed by atoms with E-state index in [1.165, 1.54) is 12.1 Å². The number of nitro groups is 1. The third-order valence-corrected chi connectivity index (χ3v) is 4.57. The van der Waals surface area contributed by atoms with Crippen molar-refractivity contribution in [1.29, 1.82) is 5.41 Å². The fraction of sp³-hybridized carbons (Fsp3) is 0.158. The first-order chi connectivity index (χ1) is 13.5. The number of ether oxygens (including phenoxy) is 2. The number of thioether (sulfide) groups is 1. The highest BCUT2D eigenvalue weighted by molar-refractivity contribution is 8.18. The van der Waals surface area contributed by atoms with Gasteiger partial charge in [0.2, 0.25) is 0 Å². The van der Waals surface area contributed by atoms with E-state index in [0.717, 1.165) is 17.3 Å². The number of amidine groups is 1. The summed E-state index contributed by atoms with van der Waals surface area (Å²) in [4.78, 5) is 22.6. The monoisotopic (exact) mass is 399 g/mol. The maximum Gasteiger partial charge on any atom is 0.269 e. The zero-order chi connectivity index (χ0) is 20.1. The van der Waals surface area contributed by atoms with E-state index < -0.39 is 4.92 Å². The van der Waals surface area contributed by atoms with Crippen molar-refractivity contribution in [2.45, 2.75) is 13.5 Å². The average molecular weight is 399 g/mol. The van der Waals surface area contributed by atoms with E-state index in [1.807, 2.05) is 6.92 Å². The molecule has 0 atom stereocenters. The van der Waals surface area contributed by atoms with Gasteiger partial charge >= 0.3 is 0 Å². The zero-order valence-corrected chi connectivity index (χ0v) is 15.7. The smallest absolute Gasteiger partial charge is 0.269 e. The molecule has 0 radical (unpaired) electrons. The number of nitrogens with one attached hydrogen (secondary N) is 2. The van der Waals surface area contributed by atoms with Crippen LogP contribution in [0, 0.1) is 15.5 Å². The Hall–Kier alpha value is -3.33. The summed E-state index contributed by atoms with van der Waals surface area (Å²) >= 11 is 1.06. The number of hydrogen-bond donors (Lipinski definition) is 2. The van der Waals surface area contributed by atoms with Crippen molar-refractivity contribution in [1.82, 2.24) is 5.32 Å². The fourth-order valence-corrected chi connectivity index (χ4v) is 3.22. The molecule has 1 aliphatic heterocycles. The molecule has 8 nitrogen and oxygen atoms in total. The lowest BCUT2D eigenvalue weighted by Gasteiger charge is -2.13. The standard InChI is InChI=1S/C19H17N3O5S/c1-2-26-16-9-12(10-17-18(23)21-19(20)28-17)6-7-15(16)27-11-13-4-3-5-14(8-13)22(24)25/h3-10H,2,11H2,1H3,(H2,20,21,23). The molecule has 0 aliphatic carbocycles. The van der Waals surface area contributed by atoms with E-state index in [9.17, 15) is 14.9 Å². The molecule has 2 aromatic rings. The molecule has 1 amide bonds. The topological polar surface area (TPSA) is 115 Å². The minimum absolute atomic E-state index is 0.00557. The van der Waals surface area contributed by atoms with E-state index in [1.54, 1.807) is 36.4 Å². The number of nitro benzene ring substituents is 1. The third kappa shape index (κ3) is 4.68. The van der Waals surface area contributed by atoms with E-state index in [2.05, 4.69) is 5.32 Å². The Labute approximate surface area is 165 Å². The Morgan fingerprint density at radius 2 is 2.04 bits per heavy atom. The van der Waals surface area contributed by atoms with Gasteiger partial charge in [0.1, 0.15) is 6.61 Å². The Balaban J connectivity index is 1.79. The quantitative estimate of drug-likeness (QED) is 0.417. The van der Waals surface area contributed by atoms with Crippen LogP contribution in [0.5, 0.6) is 11.5 Å². The summed E-state index contributed by atoms with van der Waals surface area (Å²) < 4.78 is 11.4. The number of rotatable bonds is 7. The van der Waals surface area contributed by atoms with Gasteiger partial charge in [-0.1, -0.05) is 18.2 Å². The average Bonchev–Trinajstić information content (AvgIpc) is 2.98. The predicted molar refractivity (Wildman–Crippen MR) is 106 cm³/mol. The molecule has 1 fully saturated rings. The van der Waals surface area contributed by atoms with Crippen molar-refractivity contribution in [2.24, 2.45) is 0 Å². The molecule has 1 heterocycles. The van der Waals surface area contributed by atoms with Crippen LogP contribution in [0.3, 0.4) is 0 Å². The van der Waals surface area contributed by atoms with E-state index >= 15 is 0 Å². The fourth-order valence-electron chi connectivity index (χ4n) is 2.52. The van der Waals surface area contributed by atoms with Crippen molar-refractivity contribution in [2.75, 3.05) is 6.61 Å². The van der Waals surface area contributed by atoms with Crippen LogP contribution < -0.4 is 14.8 Å². The summed E-state index contributed by atoms with van der Waals surface area (Å²) in [7, 11) is 0. The van der Waals surface area contributed by atoms with Gasteiger partial charge in [-0.2, -0.15) is 0 Å². The highest BCUT2D eigenvalue weighted by Crippen LogP contribution is 2.32. The van der Waals surface area contributed by atoms with Gasteiger partial charge in [-0.3, -0.25) is 20.3 Å². The first-order valence-corrected chi connectivity index (χ1v) is 9.20. The second kappa shape index (κ2) is 8.57. The predicted octanol–water partition coefficient (Wildman–Crippen LogP) is 3.71. The summed E-state index contributed by atoms with van der Waals surface area (Å²) in [5.74, 6) is 0.687. The van der Waals surface area contributed by atoms with Crippen molar-refractivity contribution in [3.05, 3.63) is 68.6 Å². The first-order valence-electron chi connectivity index (χ1n) is 8.38. The van der Waals surface area contributed by atoms with E-state index in [-0.39, 0.29) is 23.4 Å². The van der Waals surface area contributed by atoms with Crippen LogP contribution in [0.25, 0.3) is 6.08 Å². The molecule has 144 valence electrons. The van der Waals surface area contributed by atoms with Crippen LogP contribution in [-0.4, -0.2) is 22.6 Å². The van der Waals surface area contributed by atoms with Gasteiger partial charge in [0, 0.05) is 12.1 Å². The third-order valence-electron chi connectivity index (χ3n) is 3.74. The molecule has 3 rings (SSSR count). The second-order valence-electron chi connectivity index (χ2n) is 5.75. The molecular formula is C19H17N3O5S. The second-order valence-corrected chi connectivity index (χ2v) is 6.80. The number of carbonyl (C=O) groups excluding carboxylic acids is 1. The highest BCUT2D eigenvalue weighted by atomic mass is 32.2. The molecule has 0 spiro atoms. The summed E-state index contributed by atoms with van der Waals surface area (Å²) in [5.41, 5.74) is 1.41. The Morgan fingerprint density at radius 3 is 2.71 bits per heavy atom. The van der Waals surface area contributed by atoms with Gasteiger partial charge in [0.15, 0.2) is 16.7 Å². The van der Waals surface area contributed by atoms with Crippen LogP contribution in [0.2, 0.25) is 0 Å². The number of amides is 1. The molecule has 0 bridgehead atoms. The normalized spacial score (nSPS) is 14.8. The number of nitrogens with zero attached hydrogens (tertiary/aromatic N) is 1. The van der Waals surface area contributed by atoms with Gasteiger partial charge in [0.25, 0.3) is 11.6 Å². The first kappa shape index (κ1) is 19.4.